The third-order valence-electron chi connectivity index (χ3n) is 4.01. The van der Waals surface area contributed by atoms with Crippen LogP contribution in [0, 0.1) is 0 Å². The van der Waals surface area contributed by atoms with Crippen LogP contribution in [0.5, 0.6) is 11.5 Å². The number of amides is 2. The zero-order valence-corrected chi connectivity index (χ0v) is 17.9. The van der Waals surface area contributed by atoms with Crippen LogP contribution in [0.15, 0.2) is 54.6 Å². The minimum absolute atomic E-state index is 0.0333. The Bertz CT molecular complexity index is 894. The molecular weight excluding hydrogens is 402 g/mol. The zero-order valence-electron chi connectivity index (χ0n) is 17.1. The molecule has 7 nitrogen and oxygen atoms in total. The molecule has 2 rings (SSSR count). The van der Waals surface area contributed by atoms with E-state index in [1.807, 2.05) is 36.4 Å². The van der Waals surface area contributed by atoms with Gasteiger partial charge in [0.15, 0.2) is 11.7 Å². The smallest absolute Gasteiger partial charge is 0.276 e. The quantitative estimate of drug-likeness (QED) is 0.358. The molecule has 2 aromatic rings. The van der Waals surface area contributed by atoms with Crippen LogP contribution in [-0.2, 0) is 9.59 Å². The van der Waals surface area contributed by atoms with Crippen molar-refractivity contribution in [3.8, 4) is 11.5 Å². The average molecular weight is 428 g/mol. The van der Waals surface area contributed by atoms with Gasteiger partial charge in [0.05, 0.1) is 7.11 Å². The van der Waals surface area contributed by atoms with Crippen molar-refractivity contribution in [3.05, 3.63) is 65.7 Å². The second-order valence-electron chi connectivity index (χ2n) is 6.61. The number of rotatable bonds is 7. The summed E-state index contributed by atoms with van der Waals surface area (Å²) in [6.07, 6.45) is 2.97. The minimum atomic E-state index is -0.437. The lowest BCUT2D eigenvalue weighted by Gasteiger charge is -2.11. The molecule has 0 atom stereocenters. The number of hydrazine groups is 1. The number of nitrogens with one attached hydrogen (secondary N) is 3. The van der Waals surface area contributed by atoms with Gasteiger partial charge in [-0.1, -0.05) is 38.1 Å². The van der Waals surface area contributed by atoms with Crippen LogP contribution in [0.4, 0.5) is 0 Å². The predicted octanol–water partition coefficient (Wildman–Crippen LogP) is 2.93. The first kappa shape index (κ1) is 22.9. The monoisotopic (exact) mass is 427 g/mol. The van der Waals surface area contributed by atoms with Crippen molar-refractivity contribution in [3.63, 3.8) is 0 Å². The molecular formula is C22H25N3O4S. The van der Waals surface area contributed by atoms with Gasteiger partial charge in [0.1, 0.15) is 11.5 Å². The van der Waals surface area contributed by atoms with E-state index in [0.29, 0.717) is 11.7 Å². The lowest BCUT2D eigenvalue weighted by molar-refractivity contribution is -0.123. The second-order valence-corrected chi connectivity index (χ2v) is 7.02. The number of methoxy groups -OCH3 is 1. The number of hydrogen-bond acceptors (Lipinski definition) is 5. The Hall–Kier alpha value is -3.39. The number of carbonyl (C=O) groups excluding carboxylic acids is 2. The fourth-order valence-electron chi connectivity index (χ4n) is 2.33. The van der Waals surface area contributed by atoms with Gasteiger partial charge in [0.25, 0.3) is 5.91 Å². The van der Waals surface area contributed by atoms with Crippen molar-refractivity contribution in [2.45, 2.75) is 19.8 Å². The van der Waals surface area contributed by atoms with E-state index in [1.54, 1.807) is 25.3 Å². The summed E-state index contributed by atoms with van der Waals surface area (Å²) in [5.41, 5.74) is 6.84. The Morgan fingerprint density at radius 1 is 1.00 bits per heavy atom. The molecule has 3 N–H and O–H groups in total. The van der Waals surface area contributed by atoms with E-state index >= 15 is 0 Å². The van der Waals surface area contributed by atoms with Gasteiger partial charge in [-0.2, -0.15) is 0 Å². The third kappa shape index (κ3) is 7.92. The van der Waals surface area contributed by atoms with E-state index < -0.39 is 11.8 Å². The molecule has 0 unspecified atom stereocenters. The summed E-state index contributed by atoms with van der Waals surface area (Å²) in [7, 11) is 1.58. The molecule has 30 heavy (non-hydrogen) atoms. The number of thiocarbonyl (C=S) groups is 1. The molecule has 2 aromatic carbocycles. The molecule has 0 aliphatic rings. The van der Waals surface area contributed by atoms with Gasteiger partial charge in [0, 0.05) is 6.08 Å². The molecule has 0 saturated carbocycles. The van der Waals surface area contributed by atoms with Crippen LogP contribution in [0.25, 0.3) is 6.08 Å². The minimum Gasteiger partial charge on any atom is -0.497 e. The fraction of sp³-hybridized carbons (Fsp3) is 0.227. The van der Waals surface area contributed by atoms with Crippen molar-refractivity contribution >= 4 is 35.2 Å². The maximum absolute atomic E-state index is 11.9. The highest BCUT2D eigenvalue weighted by atomic mass is 32.1. The Morgan fingerprint density at radius 2 is 1.63 bits per heavy atom. The predicted molar refractivity (Wildman–Crippen MR) is 120 cm³/mol. The molecule has 0 saturated heterocycles. The summed E-state index contributed by atoms with van der Waals surface area (Å²) in [5, 5.41) is 2.40. The van der Waals surface area contributed by atoms with Crippen LogP contribution in [0.3, 0.4) is 0 Å². The first-order valence-corrected chi connectivity index (χ1v) is 9.73. The largest absolute Gasteiger partial charge is 0.497 e. The number of hydrogen-bond donors (Lipinski definition) is 3. The Labute approximate surface area is 181 Å². The molecule has 0 bridgehead atoms. The van der Waals surface area contributed by atoms with Crippen LogP contribution < -0.4 is 25.6 Å². The average Bonchev–Trinajstić information content (AvgIpc) is 2.75. The SMILES string of the molecule is COc1ccc(/C=C/C(=O)NC(=S)NNC(=O)COc2ccc(C(C)C)cc2)cc1. The topological polar surface area (TPSA) is 88.7 Å². The molecule has 0 heterocycles. The van der Waals surface area contributed by atoms with Crippen LogP contribution in [0.1, 0.15) is 30.9 Å². The molecule has 0 aliphatic carbocycles. The molecule has 0 spiro atoms. The first-order valence-electron chi connectivity index (χ1n) is 9.32. The van der Waals surface area contributed by atoms with Gasteiger partial charge in [-0.15, -0.1) is 0 Å². The summed E-state index contributed by atoms with van der Waals surface area (Å²) in [4.78, 5) is 23.7. The van der Waals surface area contributed by atoms with Gasteiger partial charge in [-0.25, -0.2) is 0 Å². The summed E-state index contributed by atoms with van der Waals surface area (Å²) in [6.45, 7) is 4.01. The first-order chi connectivity index (χ1) is 14.4. The summed E-state index contributed by atoms with van der Waals surface area (Å²) in [5.74, 6) is 0.879. The highest BCUT2D eigenvalue weighted by molar-refractivity contribution is 7.80. The molecule has 2 amide bonds. The number of benzene rings is 2. The van der Waals surface area contributed by atoms with E-state index in [-0.39, 0.29) is 11.7 Å². The maximum atomic E-state index is 11.9. The lowest BCUT2D eigenvalue weighted by Crippen LogP contribution is -2.49. The van der Waals surface area contributed by atoms with Crippen molar-refractivity contribution in [2.75, 3.05) is 13.7 Å². The highest BCUT2D eigenvalue weighted by Crippen LogP contribution is 2.18. The summed E-state index contributed by atoms with van der Waals surface area (Å²) in [6, 6.07) is 14.8. The van der Waals surface area contributed by atoms with Gasteiger partial charge in [0.2, 0.25) is 5.91 Å². The highest BCUT2D eigenvalue weighted by Gasteiger charge is 2.06. The Kier molecular flexibility index (Phi) is 8.83. The normalized spacial score (nSPS) is 10.5. The Morgan fingerprint density at radius 3 is 2.23 bits per heavy atom. The van der Waals surface area contributed by atoms with Crippen molar-refractivity contribution < 1.29 is 19.1 Å². The standard InChI is InChI=1S/C22H25N3O4S/c1-15(2)17-7-11-19(12-8-17)29-14-21(27)24-25-22(30)23-20(26)13-6-16-4-9-18(28-3)10-5-16/h4-13,15H,14H2,1-3H3,(H,24,27)(H2,23,25,26,30)/b13-6+. The molecule has 0 aliphatic heterocycles. The van der Waals surface area contributed by atoms with Crippen molar-refractivity contribution in [2.24, 2.45) is 0 Å². The van der Waals surface area contributed by atoms with Crippen LogP contribution in [-0.4, -0.2) is 30.6 Å². The van der Waals surface area contributed by atoms with Crippen LogP contribution in [0.2, 0.25) is 0 Å². The number of ether oxygens (including phenoxy) is 2. The van der Waals surface area contributed by atoms with E-state index in [9.17, 15) is 9.59 Å². The second kappa shape index (κ2) is 11.6. The van der Waals surface area contributed by atoms with E-state index in [2.05, 4.69) is 30.0 Å². The van der Waals surface area contributed by atoms with Crippen LogP contribution >= 0.6 is 12.2 Å². The van der Waals surface area contributed by atoms with Crippen molar-refractivity contribution in [1.82, 2.24) is 16.2 Å². The van der Waals surface area contributed by atoms with Gasteiger partial charge in [-0.3, -0.25) is 25.8 Å². The molecule has 8 heteroatoms. The zero-order chi connectivity index (χ0) is 21.9. The maximum Gasteiger partial charge on any atom is 0.276 e. The molecule has 0 aromatic heterocycles. The van der Waals surface area contributed by atoms with E-state index in [4.69, 9.17) is 21.7 Å². The van der Waals surface area contributed by atoms with Gasteiger partial charge < -0.3 is 9.47 Å². The Balaban J connectivity index is 1.69. The summed E-state index contributed by atoms with van der Waals surface area (Å²) < 4.78 is 10.5. The molecule has 0 radical (unpaired) electrons. The lowest BCUT2D eigenvalue weighted by atomic mass is 10.0. The van der Waals surface area contributed by atoms with E-state index in [0.717, 1.165) is 11.3 Å². The number of carbonyl (C=O) groups is 2. The molecule has 158 valence electrons. The summed E-state index contributed by atoms with van der Waals surface area (Å²) >= 11 is 4.98. The van der Waals surface area contributed by atoms with E-state index in [1.165, 1.54) is 11.6 Å². The van der Waals surface area contributed by atoms with Gasteiger partial charge >= 0.3 is 0 Å². The van der Waals surface area contributed by atoms with Crippen molar-refractivity contribution in [1.29, 1.82) is 0 Å². The fourth-order valence-corrected chi connectivity index (χ4v) is 2.48. The third-order valence-corrected chi connectivity index (χ3v) is 4.22. The molecule has 0 fully saturated rings. The van der Waals surface area contributed by atoms with Gasteiger partial charge in [-0.05, 0) is 59.6 Å².